The minimum absolute atomic E-state index is 0.178. The fraction of sp³-hybridized carbons (Fsp3) is 0.200. The lowest BCUT2D eigenvalue weighted by atomic mass is 10.2. The minimum Gasteiger partial charge on any atom is -0.461 e. The van der Waals surface area contributed by atoms with Crippen LogP contribution in [0.1, 0.15) is 26.4 Å². The first kappa shape index (κ1) is 22.4. The monoisotopic (exact) mass is 461 g/mol. The Bertz CT molecular complexity index is 1380. The van der Waals surface area contributed by atoms with Gasteiger partial charge in [0.15, 0.2) is 0 Å². The molecule has 168 valence electrons. The molecule has 8 heteroatoms. The maximum Gasteiger partial charge on any atom is 0.348 e. The van der Waals surface area contributed by atoms with Crippen LogP contribution in [0.25, 0.3) is 10.2 Å². The number of rotatable bonds is 7. The normalized spacial score (nSPS) is 10.8. The molecule has 4 rings (SSSR count). The van der Waals surface area contributed by atoms with Crippen LogP contribution >= 0.6 is 11.3 Å². The Morgan fingerprint density at radius 1 is 1.06 bits per heavy atom. The summed E-state index contributed by atoms with van der Waals surface area (Å²) in [7, 11) is 0. The molecule has 1 N–H and O–H groups in total. The van der Waals surface area contributed by atoms with Crippen molar-refractivity contribution in [2.24, 2.45) is 0 Å². The van der Waals surface area contributed by atoms with Crippen LogP contribution in [0.3, 0.4) is 0 Å². The maximum absolute atomic E-state index is 13.0. The number of aryl methyl sites for hydroxylation is 2. The van der Waals surface area contributed by atoms with E-state index in [1.165, 1.54) is 10.9 Å². The van der Waals surface area contributed by atoms with E-state index in [0.29, 0.717) is 32.8 Å². The largest absolute Gasteiger partial charge is 0.461 e. The lowest BCUT2D eigenvalue weighted by molar-refractivity contribution is -0.116. The smallest absolute Gasteiger partial charge is 0.348 e. The topological polar surface area (TPSA) is 90.3 Å². The van der Waals surface area contributed by atoms with Crippen LogP contribution in [-0.2, 0) is 22.5 Å². The van der Waals surface area contributed by atoms with Crippen molar-refractivity contribution >= 4 is 39.1 Å². The summed E-state index contributed by atoms with van der Waals surface area (Å²) in [6.07, 6.45) is 1.94. The molecule has 0 aliphatic rings. The van der Waals surface area contributed by atoms with Crippen LogP contribution < -0.4 is 10.9 Å². The number of aromatic nitrogens is 2. The summed E-state index contributed by atoms with van der Waals surface area (Å²) in [5, 5.41) is 3.15. The Labute approximate surface area is 194 Å². The molecule has 7 nitrogen and oxygen atoms in total. The van der Waals surface area contributed by atoms with Crippen LogP contribution in [-0.4, -0.2) is 28.0 Å². The van der Waals surface area contributed by atoms with Gasteiger partial charge in [-0.2, -0.15) is 0 Å². The van der Waals surface area contributed by atoms with E-state index in [2.05, 4.69) is 10.3 Å². The summed E-state index contributed by atoms with van der Waals surface area (Å²) in [6.45, 7) is 3.66. The highest BCUT2D eigenvalue weighted by molar-refractivity contribution is 7.20. The highest BCUT2D eigenvalue weighted by Crippen LogP contribution is 2.27. The molecule has 0 bridgehead atoms. The van der Waals surface area contributed by atoms with E-state index < -0.39 is 5.97 Å². The molecule has 0 saturated heterocycles. The summed E-state index contributed by atoms with van der Waals surface area (Å²) in [5.41, 5.74) is 2.85. The van der Waals surface area contributed by atoms with Gasteiger partial charge in [-0.05, 0) is 36.6 Å². The summed E-state index contributed by atoms with van der Waals surface area (Å²) in [6, 6.07) is 17.2. The van der Waals surface area contributed by atoms with Gasteiger partial charge in [-0.1, -0.05) is 48.5 Å². The SMILES string of the molecule is Cc1ccccc1NC(=O)Cn1cnc2sc(C(=O)OCCc3ccccc3)c(C)c2c1=O. The van der Waals surface area contributed by atoms with Gasteiger partial charge in [-0.25, -0.2) is 9.78 Å². The summed E-state index contributed by atoms with van der Waals surface area (Å²) >= 11 is 1.13. The van der Waals surface area contributed by atoms with Crippen LogP contribution in [0.5, 0.6) is 0 Å². The molecule has 0 aliphatic carbocycles. The third kappa shape index (κ3) is 5.01. The average Bonchev–Trinajstić information content (AvgIpc) is 3.15. The van der Waals surface area contributed by atoms with Crippen molar-refractivity contribution < 1.29 is 14.3 Å². The van der Waals surface area contributed by atoms with E-state index in [4.69, 9.17) is 4.74 Å². The Morgan fingerprint density at radius 3 is 2.55 bits per heavy atom. The molecule has 33 heavy (non-hydrogen) atoms. The van der Waals surface area contributed by atoms with Gasteiger partial charge >= 0.3 is 5.97 Å². The summed E-state index contributed by atoms with van der Waals surface area (Å²) in [4.78, 5) is 43.2. The first-order valence-corrected chi connectivity index (χ1v) is 11.3. The highest BCUT2D eigenvalue weighted by atomic mass is 32.1. The lowest BCUT2D eigenvalue weighted by Gasteiger charge is -2.09. The minimum atomic E-state index is -0.477. The molecule has 1 amide bonds. The van der Waals surface area contributed by atoms with Gasteiger partial charge in [-0.3, -0.25) is 14.2 Å². The molecule has 0 atom stereocenters. The molecule has 0 saturated carbocycles. The number of anilines is 1. The number of fused-ring (bicyclic) bond motifs is 1. The number of thiophene rings is 1. The fourth-order valence-electron chi connectivity index (χ4n) is 3.50. The van der Waals surface area contributed by atoms with Crippen molar-refractivity contribution in [3.05, 3.63) is 92.8 Å². The van der Waals surface area contributed by atoms with E-state index >= 15 is 0 Å². The molecule has 0 aliphatic heterocycles. The van der Waals surface area contributed by atoms with Gasteiger partial charge in [-0.15, -0.1) is 11.3 Å². The van der Waals surface area contributed by atoms with Gasteiger partial charge in [0.25, 0.3) is 5.56 Å². The zero-order valence-electron chi connectivity index (χ0n) is 18.3. The Balaban J connectivity index is 1.49. The molecular formula is C25H23N3O4S. The zero-order valence-corrected chi connectivity index (χ0v) is 19.1. The van der Waals surface area contributed by atoms with Gasteiger partial charge in [0.2, 0.25) is 5.91 Å². The van der Waals surface area contributed by atoms with E-state index in [0.717, 1.165) is 22.5 Å². The quantitative estimate of drug-likeness (QED) is 0.418. The van der Waals surface area contributed by atoms with Crippen molar-refractivity contribution in [1.29, 1.82) is 0 Å². The highest BCUT2D eigenvalue weighted by Gasteiger charge is 2.21. The number of amides is 1. The first-order chi connectivity index (χ1) is 15.9. The zero-order chi connectivity index (χ0) is 23.4. The van der Waals surface area contributed by atoms with E-state index in [1.54, 1.807) is 13.0 Å². The molecule has 0 spiro atoms. The molecular weight excluding hydrogens is 438 g/mol. The first-order valence-electron chi connectivity index (χ1n) is 10.5. The molecule has 0 radical (unpaired) electrons. The fourth-order valence-corrected chi connectivity index (χ4v) is 4.53. The molecule has 0 unspecified atom stereocenters. The number of nitrogens with one attached hydrogen (secondary N) is 1. The number of hydrogen-bond acceptors (Lipinski definition) is 6. The second-order valence-electron chi connectivity index (χ2n) is 7.65. The average molecular weight is 462 g/mol. The molecule has 0 fully saturated rings. The van der Waals surface area contributed by atoms with E-state index in [1.807, 2.05) is 55.5 Å². The third-order valence-corrected chi connectivity index (χ3v) is 6.48. The van der Waals surface area contributed by atoms with Gasteiger partial charge in [0.1, 0.15) is 16.3 Å². The van der Waals surface area contributed by atoms with Gasteiger partial charge < -0.3 is 10.1 Å². The second-order valence-corrected chi connectivity index (χ2v) is 8.65. The molecule has 2 aromatic heterocycles. The lowest BCUT2D eigenvalue weighted by Crippen LogP contribution is -2.28. The Hall–Kier alpha value is -3.78. The number of ether oxygens (including phenoxy) is 1. The summed E-state index contributed by atoms with van der Waals surface area (Å²) in [5.74, 6) is -0.810. The summed E-state index contributed by atoms with van der Waals surface area (Å²) < 4.78 is 6.68. The second kappa shape index (κ2) is 9.79. The predicted octanol–water partition coefficient (Wildman–Crippen LogP) is 4.11. The van der Waals surface area contributed by atoms with Crippen molar-refractivity contribution in [3.8, 4) is 0 Å². The van der Waals surface area contributed by atoms with Crippen molar-refractivity contribution in [1.82, 2.24) is 9.55 Å². The number of nitrogens with zero attached hydrogens (tertiary/aromatic N) is 2. The van der Waals surface area contributed by atoms with Gasteiger partial charge in [0, 0.05) is 12.1 Å². The molecule has 2 heterocycles. The van der Waals surface area contributed by atoms with Crippen molar-refractivity contribution in [2.45, 2.75) is 26.8 Å². The van der Waals surface area contributed by atoms with Crippen molar-refractivity contribution in [3.63, 3.8) is 0 Å². The van der Waals surface area contributed by atoms with E-state index in [9.17, 15) is 14.4 Å². The van der Waals surface area contributed by atoms with Crippen LogP contribution in [0.15, 0.2) is 65.7 Å². The standard InChI is InChI=1S/C25H23N3O4S/c1-16-8-6-7-11-19(16)27-20(29)14-28-15-26-23-21(24(28)30)17(2)22(33-23)25(31)32-13-12-18-9-4-3-5-10-18/h3-11,15H,12-14H2,1-2H3,(H,27,29). The number of esters is 1. The Kier molecular flexibility index (Phi) is 6.65. The Morgan fingerprint density at radius 2 is 1.79 bits per heavy atom. The van der Waals surface area contributed by atoms with Crippen LogP contribution in [0.2, 0.25) is 0 Å². The number of hydrogen-bond donors (Lipinski definition) is 1. The van der Waals surface area contributed by atoms with E-state index in [-0.39, 0.29) is 24.6 Å². The predicted molar refractivity (Wildman–Crippen MR) is 129 cm³/mol. The third-order valence-electron chi connectivity index (χ3n) is 5.30. The van der Waals surface area contributed by atoms with Crippen LogP contribution in [0.4, 0.5) is 5.69 Å². The number of carbonyl (C=O) groups is 2. The number of carbonyl (C=O) groups excluding carboxylic acids is 2. The molecule has 4 aromatic rings. The van der Waals surface area contributed by atoms with Crippen molar-refractivity contribution in [2.75, 3.05) is 11.9 Å². The van der Waals surface area contributed by atoms with Gasteiger partial charge in [0.05, 0.1) is 18.3 Å². The van der Waals surface area contributed by atoms with Crippen LogP contribution in [0, 0.1) is 13.8 Å². The molecule has 2 aromatic carbocycles. The number of para-hydroxylation sites is 1. The maximum atomic E-state index is 13.0. The number of benzene rings is 2.